The fourth-order valence-corrected chi connectivity index (χ4v) is 3.86. The molecule has 6 heteroatoms. The second kappa shape index (κ2) is 5.53. The third-order valence-corrected chi connectivity index (χ3v) is 5.16. The number of rotatable bonds is 2. The lowest BCUT2D eigenvalue weighted by atomic mass is 10.1. The van der Waals surface area contributed by atoms with Crippen molar-refractivity contribution in [1.29, 1.82) is 0 Å². The number of ether oxygens (including phenoxy) is 1. The maximum atomic E-state index is 5.28. The molecule has 0 fully saturated rings. The van der Waals surface area contributed by atoms with Crippen LogP contribution in [0.2, 0.25) is 0 Å². The van der Waals surface area contributed by atoms with Crippen LogP contribution in [0.1, 0.15) is 0 Å². The molecule has 0 spiro atoms. The van der Waals surface area contributed by atoms with Gasteiger partial charge in [0, 0.05) is 5.56 Å². The van der Waals surface area contributed by atoms with Crippen molar-refractivity contribution in [3.8, 4) is 17.0 Å². The molecule has 0 bridgehead atoms. The van der Waals surface area contributed by atoms with Crippen molar-refractivity contribution >= 4 is 33.2 Å². The predicted molar refractivity (Wildman–Crippen MR) is 109 cm³/mol. The molecule has 3 aromatic heterocycles. The average Bonchev–Trinajstić information content (AvgIpc) is 3.36. The number of nitrogens with zero attached hydrogens (tertiary/aromatic N) is 5. The number of aromatic nitrogens is 5. The molecule has 6 rings (SSSR count). The van der Waals surface area contributed by atoms with E-state index in [0.29, 0.717) is 0 Å². The largest absolute Gasteiger partial charge is 0.497 e. The number of fused-ring (bicyclic) bond motifs is 8. The fourth-order valence-electron chi connectivity index (χ4n) is 3.86. The van der Waals surface area contributed by atoms with Crippen molar-refractivity contribution in [3.05, 3.63) is 72.8 Å². The standard InChI is InChI=1S/C22H15N5O/c1-28-15-12-10-14(11-13-15)20-21-22-23-16-6-2-3-7-17(16)26(22)18-8-4-5-9-19(18)27(21)25-24-20/h2-13H,1H3. The van der Waals surface area contributed by atoms with Crippen LogP contribution in [-0.4, -0.2) is 31.3 Å². The molecule has 28 heavy (non-hydrogen) atoms. The maximum absolute atomic E-state index is 5.28. The van der Waals surface area contributed by atoms with E-state index in [0.717, 1.165) is 50.2 Å². The molecule has 0 saturated heterocycles. The number of para-hydroxylation sites is 4. The first-order chi connectivity index (χ1) is 13.8. The molecule has 0 N–H and O–H groups in total. The summed E-state index contributed by atoms with van der Waals surface area (Å²) in [5, 5.41) is 8.98. The Morgan fingerprint density at radius 1 is 0.786 bits per heavy atom. The van der Waals surface area contributed by atoms with Gasteiger partial charge in [-0.05, 0) is 48.5 Å². The quantitative estimate of drug-likeness (QED) is 0.457. The molecule has 0 radical (unpaired) electrons. The molecule has 6 nitrogen and oxygen atoms in total. The highest BCUT2D eigenvalue weighted by atomic mass is 16.5. The Morgan fingerprint density at radius 2 is 1.50 bits per heavy atom. The third-order valence-electron chi connectivity index (χ3n) is 5.16. The second-order valence-corrected chi connectivity index (χ2v) is 6.68. The van der Waals surface area contributed by atoms with E-state index in [4.69, 9.17) is 9.72 Å². The van der Waals surface area contributed by atoms with E-state index in [1.807, 2.05) is 59.1 Å². The number of benzene rings is 3. The zero-order chi connectivity index (χ0) is 18.7. The van der Waals surface area contributed by atoms with Crippen molar-refractivity contribution in [2.45, 2.75) is 0 Å². The summed E-state index contributed by atoms with van der Waals surface area (Å²) >= 11 is 0. The number of hydrogen-bond acceptors (Lipinski definition) is 4. The zero-order valence-corrected chi connectivity index (χ0v) is 15.1. The molecule has 6 aromatic rings. The van der Waals surface area contributed by atoms with E-state index in [1.54, 1.807) is 7.11 Å². The van der Waals surface area contributed by atoms with Crippen LogP contribution in [-0.2, 0) is 0 Å². The molecule has 3 heterocycles. The molecular formula is C22H15N5O. The normalized spacial score (nSPS) is 11.8. The number of hydrogen-bond donors (Lipinski definition) is 0. The van der Waals surface area contributed by atoms with Gasteiger partial charge in [-0.2, -0.15) is 0 Å². The average molecular weight is 365 g/mol. The van der Waals surface area contributed by atoms with Crippen LogP contribution < -0.4 is 4.74 Å². The van der Waals surface area contributed by atoms with Crippen LogP contribution in [0.5, 0.6) is 5.75 Å². The lowest BCUT2D eigenvalue weighted by Gasteiger charge is -2.07. The maximum Gasteiger partial charge on any atom is 0.166 e. The molecule has 0 aliphatic heterocycles. The highest BCUT2D eigenvalue weighted by Gasteiger charge is 2.19. The Balaban J connectivity index is 1.82. The molecule has 3 aromatic carbocycles. The zero-order valence-electron chi connectivity index (χ0n) is 15.1. The monoisotopic (exact) mass is 365 g/mol. The second-order valence-electron chi connectivity index (χ2n) is 6.68. The minimum absolute atomic E-state index is 0.800. The topological polar surface area (TPSA) is 56.7 Å². The Morgan fingerprint density at radius 3 is 2.29 bits per heavy atom. The Bertz CT molecular complexity index is 1490. The van der Waals surface area contributed by atoms with Gasteiger partial charge in [-0.3, -0.25) is 4.40 Å². The molecular weight excluding hydrogens is 350 g/mol. The van der Waals surface area contributed by atoms with E-state index in [1.165, 1.54) is 0 Å². The van der Waals surface area contributed by atoms with E-state index in [9.17, 15) is 0 Å². The Labute approximate surface area is 159 Å². The van der Waals surface area contributed by atoms with Gasteiger partial charge in [-0.25, -0.2) is 9.50 Å². The Kier molecular flexibility index (Phi) is 3.00. The highest BCUT2D eigenvalue weighted by molar-refractivity contribution is 5.99. The van der Waals surface area contributed by atoms with Crippen LogP contribution in [0.15, 0.2) is 72.8 Å². The summed E-state index contributed by atoms with van der Waals surface area (Å²) in [7, 11) is 1.66. The molecule has 134 valence electrons. The van der Waals surface area contributed by atoms with Gasteiger partial charge in [0.15, 0.2) is 5.65 Å². The predicted octanol–water partition coefficient (Wildman–Crippen LogP) is 4.36. The van der Waals surface area contributed by atoms with E-state index in [2.05, 4.69) is 32.9 Å². The van der Waals surface area contributed by atoms with Gasteiger partial charge in [-0.1, -0.05) is 29.5 Å². The SMILES string of the molecule is COc1ccc(-c2nnn3c4ccccc4n4c5ccccc5nc4c23)cc1. The summed E-state index contributed by atoms with van der Waals surface area (Å²) in [5.74, 6) is 0.808. The van der Waals surface area contributed by atoms with Gasteiger partial charge >= 0.3 is 0 Å². The van der Waals surface area contributed by atoms with Crippen LogP contribution in [0.25, 0.3) is 44.5 Å². The van der Waals surface area contributed by atoms with Crippen molar-refractivity contribution in [2.24, 2.45) is 0 Å². The van der Waals surface area contributed by atoms with Crippen LogP contribution in [0.3, 0.4) is 0 Å². The van der Waals surface area contributed by atoms with E-state index in [-0.39, 0.29) is 0 Å². The van der Waals surface area contributed by atoms with Crippen molar-refractivity contribution in [3.63, 3.8) is 0 Å². The highest BCUT2D eigenvalue weighted by Crippen LogP contribution is 2.32. The lowest BCUT2D eigenvalue weighted by molar-refractivity contribution is 0.415. The van der Waals surface area contributed by atoms with Crippen molar-refractivity contribution < 1.29 is 4.74 Å². The molecule has 0 unspecified atom stereocenters. The van der Waals surface area contributed by atoms with E-state index >= 15 is 0 Å². The Hall–Kier alpha value is -3.93. The smallest absolute Gasteiger partial charge is 0.166 e. The summed E-state index contributed by atoms with van der Waals surface area (Å²) in [4.78, 5) is 4.92. The summed E-state index contributed by atoms with van der Waals surface area (Å²) in [6, 6.07) is 24.2. The minimum Gasteiger partial charge on any atom is -0.497 e. The third kappa shape index (κ3) is 1.94. The van der Waals surface area contributed by atoms with Gasteiger partial charge in [-0.15, -0.1) is 5.10 Å². The molecule has 0 saturated carbocycles. The number of imidazole rings is 1. The van der Waals surface area contributed by atoms with Crippen molar-refractivity contribution in [2.75, 3.05) is 7.11 Å². The minimum atomic E-state index is 0.800. The van der Waals surface area contributed by atoms with Gasteiger partial charge in [0.1, 0.15) is 17.0 Å². The van der Waals surface area contributed by atoms with Gasteiger partial charge in [0.2, 0.25) is 0 Å². The van der Waals surface area contributed by atoms with E-state index < -0.39 is 0 Å². The van der Waals surface area contributed by atoms with Crippen LogP contribution in [0, 0.1) is 0 Å². The van der Waals surface area contributed by atoms with Gasteiger partial charge < -0.3 is 4.74 Å². The lowest BCUT2D eigenvalue weighted by Crippen LogP contribution is -1.98. The molecule has 0 atom stereocenters. The summed E-state index contributed by atoms with van der Waals surface area (Å²) < 4.78 is 9.36. The van der Waals surface area contributed by atoms with Crippen LogP contribution in [0.4, 0.5) is 0 Å². The first-order valence-electron chi connectivity index (χ1n) is 9.03. The first kappa shape index (κ1) is 15.2. The summed E-state index contributed by atoms with van der Waals surface area (Å²) in [5.41, 5.74) is 7.55. The molecule has 0 aliphatic rings. The van der Waals surface area contributed by atoms with Gasteiger partial charge in [0.05, 0.1) is 29.2 Å². The molecule has 0 aliphatic carbocycles. The van der Waals surface area contributed by atoms with Gasteiger partial charge in [0.25, 0.3) is 0 Å². The number of methoxy groups -OCH3 is 1. The van der Waals surface area contributed by atoms with Crippen molar-refractivity contribution in [1.82, 2.24) is 24.2 Å². The fraction of sp³-hybridized carbons (Fsp3) is 0.0455. The van der Waals surface area contributed by atoms with Crippen LogP contribution >= 0.6 is 0 Å². The first-order valence-corrected chi connectivity index (χ1v) is 9.03. The summed E-state index contributed by atoms with van der Waals surface area (Å²) in [6.45, 7) is 0. The summed E-state index contributed by atoms with van der Waals surface area (Å²) in [6.07, 6.45) is 0. The molecule has 0 amide bonds.